The molecule has 0 aromatic heterocycles. The molecule has 2 N–H and O–H groups in total. The number of aliphatic hydroxyl groups excluding tert-OH is 2. The fourth-order valence-corrected chi connectivity index (χ4v) is 10.0. The van der Waals surface area contributed by atoms with Gasteiger partial charge in [-0.05, 0) is 114 Å². The lowest BCUT2D eigenvalue weighted by Gasteiger charge is -2.41. The Morgan fingerprint density at radius 1 is 0.538 bits per heavy atom. The monoisotopic (exact) mass is 728 g/mol. The maximum Gasteiger partial charge on any atom is 0.230 e. The van der Waals surface area contributed by atoms with Crippen LogP contribution in [0.15, 0.2) is 36.4 Å². The van der Waals surface area contributed by atoms with Crippen LogP contribution in [0.2, 0.25) is 0 Å². The summed E-state index contributed by atoms with van der Waals surface area (Å²) in [6.45, 7) is 3.67. The molecular formula is C40H52F4N4O4. The quantitative estimate of drug-likeness (QED) is 0.367. The molecule has 2 spiro atoms. The molecule has 8 nitrogen and oxygen atoms in total. The number of anilines is 2. The first kappa shape index (κ1) is 37.0. The van der Waals surface area contributed by atoms with Crippen LogP contribution in [0.5, 0.6) is 0 Å². The molecule has 0 radical (unpaired) electrons. The maximum atomic E-state index is 14.2. The number of likely N-dealkylation sites (tertiary alicyclic amines) is 2. The van der Waals surface area contributed by atoms with Gasteiger partial charge in [-0.1, -0.05) is 0 Å². The summed E-state index contributed by atoms with van der Waals surface area (Å²) < 4.78 is 55.6. The van der Waals surface area contributed by atoms with Crippen molar-refractivity contribution in [2.45, 2.75) is 114 Å². The highest BCUT2D eigenvalue weighted by Gasteiger charge is 2.52. The van der Waals surface area contributed by atoms with E-state index in [1.807, 2.05) is 19.6 Å². The molecule has 2 aromatic carbocycles. The summed E-state index contributed by atoms with van der Waals surface area (Å²) in [6.07, 6.45) is 10.7. The SMILES string of the molecule is O=C1N(C2CCC(O)CC2)CC[C@]12CCCN(c1cc(F)ccc1F)C2.O=C1N(C2CCC(O)CC2)CC[C@]12CCCN(c1cc(F)ccc1F)C2. The van der Waals surface area contributed by atoms with E-state index >= 15 is 0 Å². The van der Waals surface area contributed by atoms with Crippen LogP contribution in [-0.2, 0) is 9.59 Å². The number of piperidine rings is 2. The van der Waals surface area contributed by atoms with Gasteiger partial charge in [-0.15, -0.1) is 0 Å². The van der Waals surface area contributed by atoms with Crippen LogP contribution in [0.4, 0.5) is 28.9 Å². The van der Waals surface area contributed by atoms with Crippen LogP contribution in [0.3, 0.4) is 0 Å². The summed E-state index contributed by atoms with van der Waals surface area (Å²) in [5, 5.41) is 19.4. The molecule has 4 saturated heterocycles. The number of halogens is 4. The highest BCUT2D eigenvalue weighted by molar-refractivity contribution is 5.87. The normalized spacial score (nSPS) is 32.5. The summed E-state index contributed by atoms with van der Waals surface area (Å²) in [4.78, 5) is 34.2. The molecule has 4 aliphatic heterocycles. The fraction of sp³-hybridized carbons (Fsp3) is 0.650. The van der Waals surface area contributed by atoms with Gasteiger partial charge in [0.25, 0.3) is 0 Å². The zero-order valence-corrected chi connectivity index (χ0v) is 29.9. The summed E-state index contributed by atoms with van der Waals surface area (Å²) in [5.74, 6) is -1.46. The van der Waals surface area contributed by atoms with Gasteiger partial charge >= 0.3 is 0 Å². The summed E-state index contributed by atoms with van der Waals surface area (Å²) >= 11 is 0. The minimum absolute atomic E-state index is 0.167. The molecule has 2 saturated carbocycles. The molecule has 2 aromatic rings. The number of nitrogens with zero attached hydrogens (tertiary/aromatic N) is 4. The van der Waals surface area contributed by atoms with E-state index in [-0.39, 0.29) is 47.5 Å². The van der Waals surface area contributed by atoms with E-state index in [1.54, 1.807) is 0 Å². The average molecular weight is 729 g/mol. The molecule has 6 aliphatic rings. The molecule has 52 heavy (non-hydrogen) atoms. The first-order valence-electron chi connectivity index (χ1n) is 19.4. The molecule has 0 unspecified atom stereocenters. The second-order valence-electron chi connectivity index (χ2n) is 16.2. The highest BCUT2D eigenvalue weighted by atomic mass is 19.1. The van der Waals surface area contributed by atoms with Crippen molar-refractivity contribution in [3.05, 3.63) is 59.7 Å². The van der Waals surface area contributed by atoms with Gasteiger partial charge in [0.1, 0.15) is 23.3 Å². The van der Waals surface area contributed by atoms with Crippen LogP contribution >= 0.6 is 0 Å². The Morgan fingerprint density at radius 3 is 1.31 bits per heavy atom. The highest BCUT2D eigenvalue weighted by Crippen LogP contribution is 2.45. The van der Waals surface area contributed by atoms with Crippen LogP contribution in [0.25, 0.3) is 0 Å². The van der Waals surface area contributed by atoms with Gasteiger partial charge in [-0.3, -0.25) is 9.59 Å². The third-order valence-corrected chi connectivity index (χ3v) is 13.0. The molecule has 0 bridgehead atoms. The Morgan fingerprint density at radius 2 is 0.923 bits per heavy atom. The third kappa shape index (κ3) is 7.39. The Labute approximate surface area is 303 Å². The number of carbonyl (C=O) groups is 2. The van der Waals surface area contributed by atoms with Crippen molar-refractivity contribution in [2.24, 2.45) is 10.8 Å². The standard InChI is InChI=1S/2C20H26F2N2O2/c2*21-14-2-7-17(22)18(12-14)23-10-1-8-20(13-23)9-11-24(19(20)26)15-3-5-16(25)6-4-15/h2*2,7,12,15-16,25H,1,3-6,8-11,13H2/t2*15?,16?,20-/m00/s1. The van der Waals surface area contributed by atoms with Crippen LogP contribution in [0, 0.1) is 34.1 Å². The summed E-state index contributed by atoms with van der Waals surface area (Å²) in [5.41, 5.74) is -0.438. The van der Waals surface area contributed by atoms with Gasteiger partial charge in [0.2, 0.25) is 11.8 Å². The fourth-order valence-electron chi connectivity index (χ4n) is 10.0. The summed E-state index contributed by atoms with van der Waals surface area (Å²) in [6, 6.07) is 7.45. The molecular weight excluding hydrogens is 676 g/mol. The molecule has 6 fully saturated rings. The Balaban J connectivity index is 0.000000162. The lowest BCUT2D eigenvalue weighted by atomic mass is 9.78. The van der Waals surface area contributed by atoms with Crippen LogP contribution < -0.4 is 9.80 Å². The smallest absolute Gasteiger partial charge is 0.230 e. The largest absolute Gasteiger partial charge is 0.393 e. The lowest BCUT2D eigenvalue weighted by molar-refractivity contribution is -0.140. The second-order valence-corrected chi connectivity index (χ2v) is 16.2. The Hall–Kier alpha value is -3.38. The molecule has 284 valence electrons. The molecule has 8 rings (SSSR count). The molecule has 2 aliphatic carbocycles. The van der Waals surface area contributed by atoms with Crippen LogP contribution in [-0.4, -0.2) is 95.4 Å². The van der Waals surface area contributed by atoms with Crippen molar-refractivity contribution in [3.8, 4) is 0 Å². The van der Waals surface area contributed by atoms with Crippen LogP contribution in [0.1, 0.15) is 89.9 Å². The lowest BCUT2D eigenvalue weighted by Crippen LogP contribution is -2.50. The zero-order valence-electron chi connectivity index (χ0n) is 29.9. The minimum atomic E-state index is -0.479. The van der Waals surface area contributed by atoms with Crippen molar-refractivity contribution >= 4 is 23.2 Å². The first-order chi connectivity index (χ1) is 25.0. The van der Waals surface area contributed by atoms with Gasteiger partial charge in [0.05, 0.1) is 34.4 Å². The van der Waals surface area contributed by atoms with E-state index in [4.69, 9.17) is 0 Å². The van der Waals surface area contributed by atoms with Gasteiger partial charge in [0, 0.05) is 63.5 Å². The Bertz CT molecular complexity index is 1500. The van der Waals surface area contributed by atoms with E-state index in [2.05, 4.69) is 0 Å². The zero-order chi connectivity index (χ0) is 36.6. The molecule has 12 heteroatoms. The van der Waals surface area contributed by atoms with E-state index in [1.165, 1.54) is 12.1 Å². The first-order valence-corrected chi connectivity index (χ1v) is 19.4. The molecule has 4 heterocycles. The number of amides is 2. The van der Waals surface area contributed by atoms with Gasteiger partial charge in [-0.2, -0.15) is 0 Å². The summed E-state index contributed by atoms with van der Waals surface area (Å²) in [7, 11) is 0. The van der Waals surface area contributed by atoms with E-state index < -0.39 is 34.1 Å². The Kier molecular flexibility index (Phi) is 10.8. The number of rotatable bonds is 4. The average Bonchev–Trinajstić information content (AvgIpc) is 3.62. The van der Waals surface area contributed by atoms with E-state index in [0.29, 0.717) is 26.2 Å². The van der Waals surface area contributed by atoms with Crippen molar-refractivity contribution in [3.63, 3.8) is 0 Å². The predicted molar refractivity (Wildman–Crippen MR) is 190 cm³/mol. The number of benzene rings is 2. The number of hydrogen-bond donors (Lipinski definition) is 2. The topological polar surface area (TPSA) is 87.6 Å². The predicted octanol–water partition coefficient (Wildman–Crippen LogP) is 6.17. The number of aliphatic hydroxyl groups is 2. The van der Waals surface area contributed by atoms with Crippen molar-refractivity contribution < 1.29 is 37.4 Å². The van der Waals surface area contributed by atoms with Gasteiger partial charge in [0.15, 0.2) is 0 Å². The maximum absolute atomic E-state index is 14.2. The van der Waals surface area contributed by atoms with E-state index in [9.17, 15) is 37.4 Å². The number of hydrogen-bond acceptors (Lipinski definition) is 6. The number of carbonyl (C=O) groups excluding carboxylic acids is 2. The van der Waals surface area contributed by atoms with Crippen molar-refractivity contribution in [1.29, 1.82) is 0 Å². The van der Waals surface area contributed by atoms with Gasteiger partial charge < -0.3 is 29.8 Å². The third-order valence-electron chi connectivity index (χ3n) is 13.0. The van der Waals surface area contributed by atoms with Gasteiger partial charge in [-0.25, -0.2) is 17.6 Å². The minimum Gasteiger partial charge on any atom is -0.393 e. The molecule has 2 amide bonds. The van der Waals surface area contributed by atoms with E-state index in [0.717, 1.165) is 127 Å². The second kappa shape index (κ2) is 15.2. The van der Waals surface area contributed by atoms with Crippen molar-refractivity contribution in [1.82, 2.24) is 9.80 Å². The van der Waals surface area contributed by atoms with Crippen molar-refractivity contribution in [2.75, 3.05) is 49.1 Å². The molecule has 2 atom stereocenters.